The summed E-state index contributed by atoms with van der Waals surface area (Å²) in [6.45, 7) is 21.7. The molecule has 6 atom stereocenters. The second-order valence-corrected chi connectivity index (χ2v) is 17.8. The number of esters is 1. The number of carbonyl (C=O) groups excluding carboxylic acids is 1. The Morgan fingerprint density at radius 2 is 1.81 bits per heavy atom. The van der Waals surface area contributed by atoms with E-state index in [-0.39, 0.29) is 28.6 Å². The van der Waals surface area contributed by atoms with Gasteiger partial charge >= 0.3 is 5.97 Å². The summed E-state index contributed by atoms with van der Waals surface area (Å²) in [7, 11) is -1.87. The van der Waals surface area contributed by atoms with Crippen molar-refractivity contribution in [2.75, 3.05) is 0 Å². The molecule has 0 aromatic carbocycles. The molecule has 2 fully saturated rings. The van der Waals surface area contributed by atoms with Crippen molar-refractivity contribution in [1.29, 1.82) is 0 Å². The minimum Gasteiger partial charge on any atom is -0.462 e. The third-order valence-electron chi connectivity index (χ3n) is 8.78. The lowest BCUT2D eigenvalue weighted by Gasteiger charge is -2.49. The smallest absolute Gasteiger partial charge is 0.302 e. The number of hydrogen-bond donors (Lipinski definition) is 1. The summed E-state index contributed by atoms with van der Waals surface area (Å²) in [5, 5.41) is 10.3. The first-order valence-corrected chi connectivity index (χ1v) is 15.5. The fourth-order valence-electron chi connectivity index (χ4n) is 6.24. The Morgan fingerprint density at radius 1 is 1.19 bits per heavy atom. The fraction of sp³-hybridized carbons (Fsp3) is 0.962. The Morgan fingerprint density at radius 3 is 2.32 bits per heavy atom. The second-order valence-electron chi connectivity index (χ2n) is 13.0. The highest BCUT2D eigenvalue weighted by Gasteiger charge is 2.59. The lowest BCUT2D eigenvalue weighted by molar-refractivity contribution is -0.150. The van der Waals surface area contributed by atoms with Crippen LogP contribution in [0.3, 0.4) is 0 Å². The number of rotatable bonds is 8. The van der Waals surface area contributed by atoms with E-state index in [0.29, 0.717) is 17.8 Å². The van der Waals surface area contributed by atoms with Crippen LogP contribution in [0.1, 0.15) is 100 Å². The normalized spacial score (nSPS) is 33.1. The van der Waals surface area contributed by atoms with Gasteiger partial charge in [-0.2, -0.15) is 0 Å². The molecule has 5 heteroatoms. The lowest BCUT2D eigenvalue weighted by Crippen LogP contribution is -2.50. The first-order chi connectivity index (χ1) is 14.0. The third kappa shape index (κ3) is 6.35. The molecule has 0 heterocycles. The van der Waals surface area contributed by atoms with E-state index in [4.69, 9.17) is 9.16 Å². The molecule has 2 aliphatic rings. The van der Waals surface area contributed by atoms with Crippen LogP contribution in [0.5, 0.6) is 0 Å². The monoisotopic (exact) mass is 454 g/mol. The van der Waals surface area contributed by atoms with Crippen LogP contribution in [-0.4, -0.2) is 37.2 Å². The van der Waals surface area contributed by atoms with Gasteiger partial charge in [-0.05, 0) is 74.9 Å². The maximum absolute atomic E-state index is 12.0. The van der Waals surface area contributed by atoms with Gasteiger partial charge in [0.05, 0.1) is 5.60 Å². The maximum atomic E-state index is 12.0. The standard InChI is InChI=1S/C26H50O4Si/c1-18(13-11-15-25(6,7)28)23-22(29-19(2)27)17-20-21(14-12-16-26(20,23)8)30-31(9,10)24(3,4)5/h18,20-23,28H,11-17H2,1-10H3/t18-,20-,21-,22+,23-,26-/m0/s1. The SMILES string of the molecule is CC(=O)O[C@@H]1C[C@H]2[C@@H](O[Si](C)(C)C(C)(C)C)CCC[C@]2(C)[C@H]1[C@@H](C)CCCC(C)(C)O. The van der Waals surface area contributed by atoms with Gasteiger partial charge in [0.15, 0.2) is 8.32 Å². The van der Waals surface area contributed by atoms with Gasteiger partial charge in [0.1, 0.15) is 6.10 Å². The van der Waals surface area contributed by atoms with Crippen LogP contribution in [-0.2, 0) is 14.0 Å². The van der Waals surface area contributed by atoms with Gasteiger partial charge in [-0.15, -0.1) is 0 Å². The van der Waals surface area contributed by atoms with Crippen LogP contribution in [0.25, 0.3) is 0 Å². The van der Waals surface area contributed by atoms with E-state index < -0.39 is 13.9 Å². The van der Waals surface area contributed by atoms with E-state index in [9.17, 15) is 9.90 Å². The largest absolute Gasteiger partial charge is 0.462 e. The Labute approximate surface area is 193 Å². The average Bonchev–Trinajstić information content (AvgIpc) is 2.84. The molecule has 2 saturated carbocycles. The van der Waals surface area contributed by atoms with Crippen molar-refractivity contribution < 1.29 is 19.1 Å². The van der Waals surface area contributed by atoms with Crippen molar-refractivity contribution in [3.8, 4) is 0 Å². The topological polar surface area (TPSA) is 55.8 Å². The fourth-order valence-corrected chi connectivity index (χ4v) is 7.63. The van der Waals surface area contributed by atoms with Gasteiger partial charge in [-0.3, -0.25) is 4.79 Å². The summed E-state index contributed by atoms with van der Waals surface area (Å²) in [6.07, 6.45) is 7.54. The molecule has 182 valence electrons. The number of hydrogen-bond acceptors (Lipinski definition) is 4. The molecule has 0 aromatic heterocycles. The van der Waals surface area contributed by atoms with Crippen molar-refractivity contribution in [1.82, 2.24) is 0 Å². The minimum atomic E-state index is -1.87. The zero-order valence-electron chi connectivity index (χ0n) is 22.0. The Hall–Kier alpha value is -0.393. The van der Waals surface area contributed by atoms with E-state index in [2.05, 4.69) is 47.7 Å². The average molecular weight is 455 g/mol. The summed E-state index contributed by atoms with van der Waals surface area (Å²) in [5.41, 5.74) is -0.483. The second kappa shape index (κ2) is 9.46. The number of carbonyl (C=O) groups is 1. The van der Waals surface area contributed by atoms with Crippen LogP contribution >= 0.6 is 0 Å². The quantitative estimate of drug-likeness (QED) is 0.327. The molecule has 0 spiro atoms. The molecular formula is C26H50O4Si. The first-order valence-electron chi connectivity index (χ1n) is 12.6. The van der Waals surface area contributed by atoms with E-state index in [1.165, 1.54) is 12.8 Å². The van der Waals surface area contributed by atoms with E-state index in [0.717, 1.165) is 32.1 Å². The molecule has 0 saturated heterocycles. The molecule has 0 bridgehead atoms. The summed E-state index contributed by atoms with van der Waals surface area (Å²) in [5.74, 6) is 1.09. The highest BCUT2D eigenvalue weighted by molar-refractivity contribution is 6.74. The highest BCUT2D eigenvalue weighted by Crippen LogP contribution is 2.60. The van der Waals surface area contributed by atoms with Gasteiger partial charge in [-0.1, -0.05) is 53.9 Å². The Bertz CT molecular complexity index is 618. The Balaban J connectivity index is 2.26. The number of fused-ring (bicyclic) bond motifs is 1. The van der Waals surface area contributed by atoms with Crippen LogP contribution in [0, 0.1) is 23.2 Å². The summed E-state index contributed by atoms with van der Waals surface area (Å²) >= 11 is 0. The van der Waals surface area contributed by atoms with E-state index >= 15 is 0 Å². The molecule has 2 rings (SSSR count). The van der Waals surface area contributed by atoms with Crippen molar-refractivity contribution in [2.45, 2.75) is 136 Å². The van der Waals surface area contributed by atoms with Gasteiger partial charge in [0.2, 0.25) is 0 Å². The molecule has 31 heavy (non-hydrogen) atoms. The number of aliphatic hydroxyl groups is 1. The van der Waals surface area contributed by atoms with Crippen molar-refractivity contribution >= 4 is 14.3 Å². The van der Waals surface area contributed by atoms with Crippen LogP contribution < -0.4 is 0 Å². The van der Waals surface area contributed by atoms with Crippen molar-refractivity contribution in [2.24, 2.45) is 23.2 Å². The third-order valence-corrected chi connectivity index (χ3v) is 13.3. The van der Waals surface area contributed by atoms with Crippen LogP contribution in [0.15, 0.2) is 0 Å². The van der Waals surface area contributed by atoms with E-state index in [1.54, 1.807) is 6.92 Å². The van der Waals surface area contributed by atoms with E-state index in [1.807, 2.05) is 13.8 Å². The van der Waals surface area contributed by atoms with Gasteiger partial charge in [0.25, 0.3) is 0 Å². The summed E-state index contributed by atoms with van der Waals surface area (Å²) in [6, 6.07) is 0. The van der Waals surface area contributed by atoms with Crippen molar-refractivity contribution in [3.05, 3.63) is 0 Å². The molecule has 1 N–H and O–H groups in total. The minimum absolute atomic E-state index is 0.0201. The van der Waals surface area contributed by atoms with Crippen LogP contribution in [0.4, 0.5) is 0 Å². The molecule has 4 nitrogen and oxygen atoms in total. The van der Waals surface area contributed by atoms with Gasteiger partial charge in [0, 0.05) is 18.9 Å². The zero-order valence-corrected chi connectivity index (χ0v) is 23.0. The molecular weight excluding hydrogens is 404 g/mol. The predicted molar refractivity (Wildman–Crippen MR) is 130 cm³/mol. The molecule has 0 aromatic rings. The van der Waals surface area contributed by atoms with Crippen molar-refractivity contribution in [3.63, 3.8) is 0 Å². The zero-order chi connectivity index (χ0) is 23.8. The van der Waals surface area contributed by atoms with Crippen LogP contribution in [0.2, 0.25) is 18.1 Å². The summed E-state index contributed by atoms with van der Waals surface area (Å²) in [4.78, 5) is 12.0. The summed E-state index contributed by atoms with van der Waals surface area (Å²) < 4.78 is 13.0. The molecule has 0 unspecified atom stereocenters. The maximum Gasteiger partial charge on any atom is 0.302 e. The molecule has 0 radical (unpaired) electrons. The first kappa shape index (κ1) is 26.9. The highest BCUT2D eigenvalue weighted by atomic mass is 28.4. The predicted octanol–water partition coefficient (Wildman–Crippen LogP) is 6.71. The molecule has 2 aliphatic carbocycles. The molecule has 0 amide bonds. The van der Waals surface area contributed by atoms with Gasteiger partial charge in [-0.25, -0.2) is 0 Å². The lowest BCUT2D eigenvalue weighted by atomic mass is 9.61. The van der Waals surface area contributed by atoms with Gasteiger partial charge < -0.3 is 14.3 Å². The number of ether oxygens (including phenoxy) is 1. The Kier molecular flexibility index (Phi) is 8.20. The molecule has 0 aliphatic heterocycles.